The highest BCUT2D eigenvalue weighted by molar-refractivity contribution is 7.88. The molecule has 2 aliphatic rings. The molecular weight excluding hydrogens is 290 g/mol. The van der Waals surface area contributed by atoms with E-state index in [1.807, 2.05) is 4.90 Å². The fourth-order valence-corrected chi connectivity index (χ4v) is 4.16. The molecule has 0 aliphatic carbocycles. The molecule has 1 amide bonds. The fourth-order valence-electron chi connectivity index (χ4n) is 3.29. The van der Waals surface area contributed by atoms with Crippen LogP contribution in [0, 0.1) is 5.92 Å². The minimum atomic E-state index is -3.12. The summed E-state index contributed by atoms with van der Waals surface area (Å²) in [5.41, 5.74) is 0. The van der Waals surface area contributed by atoms with Crippen molar-refractivity contribution >= 4 is 15.9 Å². The first-order valence-corrected chi connectivity index (χ1v) is 9.74. The molecule has 0 aromatic heterocycles. The van der Waals surface area contributed by atoms with Gasteiger partial charge in [-0.15, -0.1) is 0 Å². The van der Waals surface area contributed by atoms with E-state index in [4.69, 9.17) is 0 Å². The van der Waals surface area contributed by atoms with Crippen LogP contribution >= 0.6 is 0 Å². The van der Waals surface area contributed by atoms with Crippen molar-refractivity contribution in [1.82, 2.24) is 14.5 Å². The molecule has 2 rings (SSSR count). The van der Waals surface area contributed by atoms with Crippen LogP contribution in [0.1, 0.15) is 32.6 Å². The lowest BCUT2D eigenvalue weighted by Crippen LogP contribution is -2.48. The number of piperidine rings is 1. The maximum absolute atomic E-state index is 12.8. The van der Waals surface area contributed by atoms with E-state index in [1.54, 1.807) is 0 Å². The number of carbonyl (C=O) groups excluding carboxylic acids is 1. The fraction of sp³-hybridized carbons (Fsp3) is 0.929. The summed E-state index contributed by atoms with van der Waals surface area (Å²) in [6.45, 7) is 5.70. The van der Waals surface area contributed by atoms with Gasteiger partial charge in [0, 0.05) is 38.1 Å². The van der Waals surface area contributed by atoms with Gasteiger partial charge in [0.05, 0.1) is 6.26 Å². The lowest BCUT2D eigenvalue weighted by atomic mass is 9.95. The first-order chi connectivity index (χ1) is 9.93. The Labute approximate surface area is 127 Å². The summed E-state index contributed by atoms with van der Waals surface area (Å²) in [4.78, 5) is 14.8. The average molecular weight is 317 g/mol. The number of nitrogens with one attached hydrogen (secondary N) is 1. The van der Waals surface area contributed by atoms with Crippen molar-refractivity contribution in [2.24, 2.45) is 5.92 Å². The average Bonchev–Trinajstić information content (AvgIpc) is 2.97. The van der Waals surface area contributed by atoms with Crippen LogP contribution < -0.4 is 5.32 Å². The maximum atomic E-state index is 12.8. The molecule has 2 heterocycles. The minimum absolute atomic E-state index is 0.0184. The van der Waals surface area contributed by atoms with Crippen molar-refractivity contribution in [3.05, 3.63) is 0 Å². The van der Waals surface area contributed by atoms with Crippen LogP contribution in [-0.4, -0.2) is 68.6 Å². The Balaban J connectivity index is 1.95. The minimum Gasteiger partial charge on any atom is -0.338 e. The molecule has 21 heavy (non-hydrogen) atoms. The molecule has 0 aromatic carbocycles. The summed E-state index contributed by atoms with van der Waals surface area (Å²) >= 11 is 0. The third kappa shape index (κ3) is 4.17. The zero-order valence-corrected chi connectivity index (χ0v) is 13.9. The molecule has 1 unspecified atom stereocenters. The SMILES string of the molecule is CCCN(C(=O)C1CCN(S(C)(=O)=O)CC1)C1CCNC1. The summed E-state index contributed by atoms with van der Waals surface area (Å²) in [6, 6.07) is 0.311. The zero-order chi connectivity index (χ0) is 15.5. The normalized spacial score (nSPS) is 25.1. The molecule has 2 aliphatic heterocycles. The number of amides is 1. The van der Waals surface area contributed by atoms with Crippen LogP contribution in [0.4, 0.5) is 0 Å². The molecule has 2 saturated heterocycles. The van der Waals surface area contributed by atoms with Gasteiger partial charge in [0.1, 0.15) is 0 Å². The predicted molar refractivity (Wildman–Crippen MR) is 82.4 cm³/mol. The number of carbonyl (C=O) groups is 1. The smallest absolute Gasteiger partial charge is 0.226 e. The van der Waals surface area contributed by atoms with Gasteiger partial charge in [-0.25, -0.2) is 12.7 Å². The van der Waals surface area contributed by atoms with Crippen LogP contribution in [0.2, 0.25) is 0 Å². The lowest BCUT2D eigenvalue weighted by Gasteiger charge is -2.35. The Bertz CT molecular complexity index is 452. The molecular formula is C14H27N3O3S. The number of hydrogen-bond donors (Lipinski definition) is 1. The van der Waals surface area contributed by atoms with Crippen molar-refractivity contribution in [3.63, 3.8) is 0 Å². The van der Waals surface area contributed by atoms with E-state index in [1.165, 1.54) is 10.6 Å². The summed E-state index contributed by atoms with van der Waals surface area (Å²) in [7, 11) is -3.12. The molecule has 7 heteroatoms. The van der Waals surface area contributed by atoms with Crippen LogP contribution in [0.25, 0.3) is 0 Å². The molecule has 0 bridgehead atoms. The lowest BCUT2D eigenvalue weighted by molar-refractivity contribution is -0.138. The van der Waals surface area contributed by atoms with Gasteiger partial charge in [0.2, 0.25) is 15.9 Å². The van der Waals surface area contributed by atoms with E-state index in [0.717, 1.165) is 32.5 Å². The van der Waals surface area contributed by atoms with Gasteiger partial charge >= 0.3 is 0 Å². The molecule has 1 N–H and O–H groups in total. The predicted octanol–water partition coefficient (Wildman–Crippen LogP) is 0.259. The number of hydrogen-bond acceptors (Lipinski definition) is 4. The van der Waals surface area contributed by atoms with Gasteiger partial charge in [0.15, 0.2) is 0 Å². The first kappa shape index (κ1) is 16.7. The third-order valence-electron chi connectivity index (χ3n) is 4.49. The summed E-state index contributed by atoms with van der Waals surface area (Å²) in [5, 5.41) is 3.31. The monoisotopic (exact) mass is 317 g/mol. The number of rotatable bonds is 5. The number of nitrogens with zero attached hydrogens (tertiary/aromatic N) is 2. The van der Waals surface area contributed by atoms with Crippen molar-refractivity contribution in [2.75, 3.05) is 39.0 Å². The second kappa shape index (κ2) is 7.07. The summed E-state index contributed by atoms with van der Waals surface area (Å²) < 4.78 is 24.5. The van der Waals surface area contributed by atoms with E-state index < -0.39 is 10.0 Å². The van der Waals surface area contributed by atoms with E-state index in [2.05, 4.69) is 12.2 Å². The van der Waals surface area contributed by atoms with Crippen molar-refractivity contribution in [3.8, 4) is 0 Å². The molecule has 2 fully saturated rings. The summed E-state index contributed by atoms with van der Waals surface area (Å²) in [6.07, 6.45) is 4.51. The highest BCUT2D eigenvalue weighted by atomic mass is 32.2. The molecule has 6 nitrogen and oxygen atoms in total. The van der Waals surface area contributed by atoms with Gasteiger partial charge in [-0.05, 0) is 32.2 Å². The quantitative estimate of drug-likeness (QED) is 0.789. The zero-order valence-electron chi connectivity index (χ0n) is 13.0. The third-order valence-corrected chi connectivity index (χ3v) is 5.80. The van der Waals surface area contributed by atoms with Crippen molar-refractivity contribution in [1.29, 1.82) is 0 Å². The number of sulfonamides is 1. The Kier molecular flexibility index (Phi) is 5.62. The van der Waals surface area contributed by atoms with E-state index in [-0.39, 0.29) is 11.8 Å². The van der Waals surface area contributed by atoms with Gasteiger partial charge in [-0.3, -0.25) is 4.79 Å². The largest absolute Gasteiger partial charge is 0.338 e. The van der Waals surface area contributed by atoms with E-state index >= 15 is 0 Å². The van der Waals surface area contributed by atoms with Gasteiger partial charge in [-0.1, -0.05) is 6.92 Å². The molecule has 0 saturated carbocycles. The Morgan fingerprint density at radius 1 is 1.29 bits per heavy atom. The van der Waals surface area contributed by atoms with Crippen molar-refractivity contribution < 1.29 is 13.2 Å². The van der Waals surface area contributed by atoms with E-state index in [0.29, 0.717) is 32.0 Å². The molecule has 0 radical (unpaired) electrons. The molecule has 0 spiro atoms. The van der Waals surface area contributed by atoms with Crippen LogP contribution in [-0.2, 0) is 14.8 Å². The van der Waals surface area contributed by atoms with Gasteiger partial charge in [-0.2, -0.15) is 0 Å². The first-order valence-electron chi connectivity index (χ1n) is 7.89. The Morgan fingerprint density at radius 2 is 1.95 bits per heavy atom. The van der Waals surface area contributed by atoms with Crippen LogP contribution in [0.3, 0.4) is 0 Å². The molecule has 0 aromatic rings. The van der Waals surface area contributed by atoms with Crippen LogP contribution in [0.15, 0.2) is 0 Å². The molecule has 122 valence electrons. The van der Waals surface area contributed by atoms with Gasteiger partial charge in [0.25, 0.3) is 0 Å². The maximum Gasteiger partial charge on any atom is 0.226 e. The Morgan fingerprint density at radius 3 is 2.43 bits per heavy atom. The highest BCUT2D eigenvalue weighted by Gasteiger charge is 2.34. The van der Waals surface area contributed by atoms with E-state index in [9.17, 15) is 13.2 Å². The topological polar surface area (TPSA) is 69.7 Å². The van der Waals surface area contributed by atoms with Gasteiger partial charge < -0.3 is 10.2 Å². The standard InChI is InChI=1S/C14H27N3O3S/c1-3-8-17(13-4-7-15-11-13)14(18)12-5-9-16(10-6-12)21(2,19)20/h12-13,15H,3-11H2,1-2H3. The molecule has 1 atom stereocenters. The second-order valence-corrected chi connectivity index (χ2v) is 8.10. The van der Waals surface area contributed by atoms with Crippen LogP contribution in [0.5, 0.6) is 0 Å². The second-order valence-electron chi connectivity index (χ2n) is 6.11. The summed E-state index contributed by atoms with van der Waals surface area (Å²) in [5.74, 6) is 0.203. The van der Waals surface area contributed by atoms with Crippen molar-refractivity contribution in [2.45, 2.75) is 38.6 Å². The highest BCUT2D eigenvalue weighted by Crippen LogP contribution is 2.23. The Hall–Kier alpha value is -0.660.